The third kappa shape index (κ3) is 2.32. The lowest BCUT2D eigenvalue weighted by Gasteiger charge is -2.28. The number of phenols is 1. The van der Waals surface area contributed by atoms with E-state index in [1.54, 1.807) is 12.1 Å². The van der Waals surface area contributed by atoms with Crippen molar-refractivity contribution in [3.05, 3.63) is 29.8 Å². The molecular formula is C13H18N2O3. The van der Waals surface area contributed by atoms with Crippen molar-refractivity contribution in [1.82, 2.24) is 10.4 Å². The number of carbonyl (C=O) groups is 1. The molecule has 2 N–H and O–H groups in total. The molecule has 18 heavy (non-hydrogen) atoms. The summed E-state index contributed by atoms with van der Waals surface area (Å²) < 4.78 is 0. The summed E-state index contributed by atoms with van der Waals surface area (Å²) in [6.45, 7) is 3.79. The molecule has 1 heterocycles. The van der Waals surface area contributed by atoms with Crippen LogP contribution in [0.4, 0.5) is 0 Å². The number of amides is 1. The summed E-state index contributed by atoms with van der Waals surface area (Å²) in [7, 11) is 1.49. The Balaban J connectivity index is 2.11. The van der Waals surface area contributed by atoms with Crippen LogP contribution in [0.15, 0.2) is 24.3 Å². The molecule has 1 saturated heterocycles. The van der Waals surface area contributed by atoms with Crippen LogP contribution in [0, 0.1) is 0 Å². The highest BCUT2D eigenvalue weighted by Crippen LogP contribution is 2.23. The van der Waals surface area contributed by atoms with Gasteiger partial charge in [0.15, 0.2) is 0 Å². The lowest BCUT2D eigenvalue weighted by Crippen LogP contribution is -2.46. The van der Waals surface area contributed by atoms with Gasteiger partial charge in [0.1, 0.15) is 11.4 Å². The second-order valence-corrected chi connectivity index (χ2v) is 4.94. The highest BCUT2D eigenvalue weighted by molar-refractivity contribution is 5.84. The van der Waals surface area contributed by atoms with E-state index in [0.29, 0.717) is 6.42 Å². The molecule has 1 atom stereocenters. The van der Waals surface area contributed by atoms with E-state index < -0.39 is 5.66 Å². The van der Waals surface area contributed by atoms with E-state index in [-0.39, 0.29) is 17.7 Å². The summed E-state index contributed by atoms with van der Waals surface area (Å²) in [5.41, 5.74) is 0.486. The molecule has 1 unspecified atom stereocenters. The van der Waals surface area contributed by atoms with Crippen LogP contribution < -0.4 is 5.32 Å². The van der Waals surface area contributed by atoms with Crippen molar-refractivity contribution in [3.8, 4) is 5.75 Å². The fourth-order valence-electron chi connectivity index (χ4n) is 2.29. The number of phenolic OH excluding ortho intramolecular Hbond substituents is 1. The molecule has 0 aliphatic carbocycles. The summed E-state index contributed by atoms with van der Waals surface area (Å²) in [4.78, 5) is 17.2. The Morgan fingerprint density at radius 2 is 2.00 bits per heavy atom. The van der Waals surface area contributed by atoms with Gasteiger partial charge >= 0.3 is 0 Å². The summed E-state index contributed by atoms with van der Waals surface area (Å²) in [6.07, 6.45) is 0.572. The standard InChI is InChI=1S/C13H18N2O3/c1-13(2)14-11(12(17)15(13)18-3)8-9-4-6-10(16)7-5-9/h4-7,11,14,16H,8H2,1-3H3. The second kappa shape index (κ2) is 4.59. The van der Waals surface area contributed by atoms with Crippen LogP contribution in [-0.4, -0.2) is 34.9 Å². The largest absolute Gasteiger partial charge is 0.508 e. The Bertz CT molecular complexity index is 442. The maximum Gasteiger partial charge on any atom is 0.265 e. The molecule has 98 valence electrons. The first-order valence-electron chi connectivity index (χ1n) is 5.88. The normalized spacial score (nSPS) is 22.5. The highest BCUT2D eigenvalue weighted by Gasteiger charge is 2.44. The van der Waals surface area contributed by atoms with E-state index in [0.717, 1.165) is 5.56 Å². The van der Waals surface area contributed by atoms with E-state index in [1.165, 1.54) is 12.2 Å². The number of hydroxylamine groups is 2. The predicted octanol–water partition coefficient (Wildman–Crippen LogP) is 1.03. The van der Waals surface area contributed by atoms with Crippen LogP contribution >= 0.6 is 0 Å². The van der Waals surface area contributed by atoms with Crippen molar-refractivity contribution < 1.29 is 14.7 Å². The van der Waals surface area contributed by atoms with Gasteiger partial charge < -0.3 is 5.11 Å². The number of hydrogen-bond donors (Lipinski definition) is 2. The fourth-order valence-corrected chi connectivity index (χ4v) is 2.29. The SMILES string of the molecule is CON1C(=O)C(Cc2ccc(O)cc2)NC1(C)C. The minimum absolute atomic E-state index is 0.0735. The van der Waals surface area contributed by atoms with Crippen LogP contribution in [0.3, 0.4) is 0 Å². The maximum atomic E-state index is 12.1. The minimum atomic E-state index is -0.507. The Kier molecular flexibility index (Phi) is 3.28. The molecule has 0 spiro atoms. The average molecular weight is 250 g/mol. The Hall–Kier alpha value is -1.59. The Morgan fingerprint density at radius 1 is 1.39 bits per heavy atom. The van der Waals surface area contributed by atoms with Gasteiger partial charge in [-0.1, -0.05) is 12.1 Å². The van der Waals surface area contributed by atoms with E-state index >= 15 is 0 Å². The molecule has 0 aromatic heterocycles. The molecule has 1 aromatic carbocycles. The van der Waals surface area contributed by atoms with Crippen molar-refractivity contribution in [2.75, 3.05) is 7.11 Å². The first-order chi connectivity index (χ1) is 8.44. The van der Waals surface area contributed by atoms with Gasteiger partial charge in [-0.3, -0.25) is 14.9 Å². The van der Waals surface area contributed by atoms with Gasteiger partial charge in [-0.25, -0.2) is 5.06 Å². The van der Waals surface area contributed by atoms with Gasteiger partial charge in [0.25, 0.3) is 5.91 Å². The summed E-state index contributed by atoms with van der Waals surface area (Å²) in [5.74, 6) is 0.152. The highest BCUT2D eigenvalue weighted by atomic mass is 16.7. The van der Waals surface area contributed by atoms with Crippen molar-refractivity contribution in [3.63, 3.8) is 0 Å². The number of hydrogen-bond acceptors (Lipinski definition) is 4. The summed E-state index contributed by atoms with van der Waals surface area (Å²) in [6, 6.07) is 6.56. The molecule has 1 aromatic rings. The molecule has 1 fully saturated rings. The Morgan fingerprint density at radius 3 is 2.50 bits per heavy atom. The number of aromatic hydroxyl groups is 1. The maximum absolute atomic E-state index is 12.1. The number of nitrogens with zero attached hydrogens (tertiary/aromatic N) is 1. The van der Waals surface area contributed by atoms with Crippen LogP contribution in [0.2, 0.25) is 0 Å². The molecule has 5 nitrogen and oxygen atoms in total. The van der Waals surface area contributed by atoms with Crippen LogP contribution in [0.1, 0.15) is 19.4 Å². The molecule has 0 bridgehead atoms. The molecule has 1 aliphatic rings. The second-order valence-electron chi connectivity index (χ2n) is 4.94. The first kappa shape index (κ1) is 12.9. The zero-order valence-electron chi connectivity index (χ0n) is 10.8. The average Bonchev–Trinajstić information content (AvgIpc) is 2.52. The monoisotopic (exact) mass is 250 g/mol. The molecule has 0 radical (unpaired) electrons. The quantitative estimate of drug-likeness (QED) is 0.841. The molecule has 5 heteroatoms. The Labute approximate surface area is 106 Å². The van der Waals surface area contributed by atoms with Crippen molar-refractivity contribution in [2.45, 2.75) is 32.0 Å². The number of rotatable bonds is 3. The lowest BCUT2D eigenvalue weighted by molar-refractivity contribution is -0.192. The van der Waals surface area contributed by atoms with Gasteiger partial charge in [0.2, 0.25) is 0 Å². The van der Waals surface area contributed by atoms with Crippen molar-refractivity contribution in [1.29, 1.82) is 0 Å². The van der Waals surface area contributed by atoms with Gasteiger partial charge in [0, 0.05) is 0 Å². The number of nitrogens with one attached hydrogen (secondary N) is 1. The summed E-state index contributed by atoms with van der Waals surface area (Å²) >= 11 is 0. The fraction of sp³-hybridized carbons (Fsp3) is 0.462. The molecule has 2 rings (SSSR count). The molecule has 0 saturated carbocycles. The summed E-state index contributed by atoms with van der Waals surface area (Å²) in [5, 5.41) is 13.8. The molecule has 1 aliphatic heterocycles. The van der Waals surface area contributed by atoms with Crippen LogP contribution in [0.25, 0.3) is 0 Å². The molecule has 1 amide bonds. The van der Waals surface area contributed by atoms with Gasteiger partial charge in [0.05, 0.1) is 13.2 Å². The zero-order chi connectivity index (χ0) is 13.3. The van der Waals surface area contributed by atoms with Gasteiger partial charge in [-0.15, -0.1) is 0 Å². The number of benzene rings is 1. The van der Waals surface area contributed by atoms with Gasteiger partial charge in [-0.05, 0) is 38.0 Å². The smallest absolute Gasteiger partial charge is 0.265 e. The minimum Gasteiger partial charge on any atom is -0.508 e. The van der Waals surface area contributed by atoms with Gasteiger partial charge in [-0.2, -0.15) is 0 Å². The zero-order valence-corrected chi connectivity index (χ0v) is 10.8. The van der Waals surface area contributed by atoms with Crippen molar-refractivity contribution in [2.24, 2.45) is 0 Å². The van der Waals surface area contributed by atoms with Crippen molar-refractivity contribution >= 4 is 5.91 Å². The van der Waals surface area contributed by atoms with Crippen LogP contribution in [0.5, 0.6) is 5.75 Å². The predicted molar refractivity (Wildman–Crippen MR) is 66.7 cm³/mol. The third-order valence-corrected chi connectivity index (χ3v) is 3.09. The molecular weight excluding hydrogens is 232 g/mol. The van der Waals surface area contributed by atoms with E-state index in [9.17, 15) is 9.90 Å². The lowest BCUT2D eigenvalue weighted by atomic mass is 10.1. The van der Waals surface area contributed by atoms with E-state index in [4.69, 9.17) is 4.84 Å². The topological polar surface area (TPSA) is 61.8 Å². The first-order valence-corrected chi connectivity index (χ1v) is 5.88. The third-order valence-electron chi connectivity index (χ3n) is 3.09. The van der Waals surface area contributed by atoms with E-state index in [2.05, 4.69) is 5.32 Å². The van der Waals surface area contributed by atoms with E-state index in [1.807, 2.05) is 26.0 Å². The van der Waals surface area contributed by atoms with Crippen LogP contribution in [-0.2, 0) is 16.1 Å². The number of carbonyl (C=O) groups excluding carboxylic acids is 1.